The molecule has 2 rings (SSSR count). The topological polar surface area (TPSA) is 40.7 Å². The second-order valence-electron chi connectivity index (χ2n) is 4.28. The van der Waals surface area contributed by atoms with E-state index in [0.29, 0.717) is 6.04 Å². The van der Waals surface area contributed by atoms with Crippen molar-refractivity contribution < 1.29 is 0 Å². The van der Waals surface area contributed by atoms with Crippen LogP contribution in [0.2, 0.25) is 0 Å². The molecule has 1 atom stereocenters. The fraction of sp³-hybridized carbons (Fsp3) is 0.462. The van der Waals surface area contributed by atoms with Gasteiger partial charge in [-0.25, -0.2) is 4.98 Å². The maximum absolute atomic E-state index is 4.29. The van der Waals surface area contributed by atoms with Gasteiger partial charge < -0.3 is 10.3 Å². The number of hydrogen-bond donors (Lipinski definition) is 2. The van der Waals surface area contributed by atoms with Crippen LogP contribution >= 0.6 is 11.8 Å². The molecule has 0 saturated carbocycles. The van der Waals surface area contributed by atoms with E-state index in [1.165, 1.54) is 23.1 Å². The van der Waals surface area contributed by atoms with E-state index in [0.717, 1.165) is 12.2 Å². The lowest BCUT2D eigenvalue weighted by molar-refractivity contribution is 0.539. The first-order chi connectivity index (χ1) is 8.31. The molecule has 17 heavy (non-hydrogen) atoms. The van der Waals surface area contributed by atoms with Crippen LogP contribution in [0.1, 0.15) is 18.9 Å². The summed E-state index contributed by atoms with van der Waals surface area (Å²) in [6.45, 7) is 3.14. The third kappa shape index (κ3) is 3.23. The number of thioether (sulfide) groups is 1. The van der Waals surface area contributed by atoms with Gasteiger partial charge in [0.1, 0.15) is 5.65 Å². The molecule has 0 aliphatic heterocycles. The second kappa shape index (κ2) is 6.07. The number of aromatic amines is 1. The van der Waals surface area contributed by atoms with Gasteiger partial charge in [-0.1, -0.05) is 0 Å². The van der Waals surface area contributed by atoms with Crippen molar-refractivity contribution in [1.29, 1.82) is 0 Å². The highest BCUT2D eigenvalue weighted by atomic mass is 32.2. The Kier molecular flexibility index (Phi) is 4.45. The smallest absolute Gasteiger partial charge is 0.137 e. The van der Waals surface area contributed by atoms with Crippen LogP contribution in [-0.4, -0.2) is 28.0 Å². The number of aromatic nitrogens is 2. The van der Waals surface area contributed by atoms with Gasteiger partial charge >= 0.3 is 0 Å². The SMILES string of the molecule is CSCCC(C)NCc1c[nH]c2ncccc12. The van der Waals surface area contributed by atoms with E-state index in [2.05, 4.69) is 34.5 Å². The summed E-state index contributed by atoms with van der Waals surface area (Å²) in [5.41, 5.74) is 2.27. The molecular formula is C13H19N3S. The Bertz CT molecular complexity index is 466. The van der Waals surface area contributed by atoms with Crippen molar-refractivity contribution in [2.75, 3.05) is 12.0 Å². The molecule has 1 unspecified atom stereocenters. The molecule has 92 valence electrons. The zero-order valence-corrected chi connectivity index (χ0v) is 11.2. The molecule has 0 amide bonds. The van der Waals surface area contributed by atoms with Gasteiger partial charge in [0, 0.05) is 30.4 Å². The highest BCUT2D eigenvalue weighted by Crippen LogP contribution is 2.15. The fourth-order valence-electron chi connectivity index (χ4n) is 1.84. The molecule has 2 N–H and O–H groups in total. The number of fused-ring (bicyclic) bond motifs is 1. The van der Waals surface area contributed by atoms with Crippen molar-refractivity contribution in [3.63, 3.8) is 0 Å². The molecule has 2 aromatic heterocycles. The quantitative estimate of drug-likeness (QED) is 0.827. The van der Waals surface area contributed by atoms with Crippen LogP contribution in [0.25, 0.3) is 11.0 Å². The van der Waals surface area contributed by atoms with Crippen LogP contribution in [0.5, 0.6) is 0 Å². The van der Waals surface area contributed by atoms with Crippen LogP contribution in [0, 0.1) is 0 Å². The van der Waals surface area contributed by atoms with Gasteiger partial charge in [0.05, 0.1) is 0 Å². The normalized spacial score (nSPS) is 13.1. The van der Waals surface area contributed by atoms with Crippen LogP contribution in [0.15, 0.2) is 24.5 Å². The summed E-state index contributed by atoms with van der Waals surface area (Å²) in [6.07, 6.45) is 7.23. The van der Waals surface area contributed by atoms with Gasteiger partial charge in [-0.15, -0.1) is 0 Å². The van der Waals surface area contributed by atoms with Crippen molar-refractivity contribution in [2.45, 2.75) is 25.9 Å². The largest absolute Gasteiger partial charge is 0.346 e. The number of hydrogen-bond acceptors (Lipinski definition) is 3. The van der Waals surface area contributed by atoms with E-state index in [-0.39, 0.29) is 0 Å². The lowest BCUT2D eigenvalue weighted by Crippen LogP contribution is -2.25. The van der Waals surface area contributed by atoms with Crippen LogP contribution in [0.3, 0.4) is 0 Å². The summed E-state index contributed by atoms with van der Waals surface area (Å²) in [7, 11) is 0. The highest BCUT2D eigenvalue weighted by molar-refractivity contribution is 7.98. The highest BCUT2D eigenvalue weighted by Gasteiger charge is 2.05. The average molecular weight is 249 g/mol. The summed E-state index contributed by atoms with van der Waals surface area (Å²) in [5.74, 6) is 1.21. The number of rotatable bonds is 6. The molecule has 0 radical (unpaired) electrons. The predicted molar refractivity (Wildman–Crippen MR) is 75.4 cm³/mol. The van der Waals surface area contributed by atoms with E-state index < -0.39 is 0 Å². The van der Waals surface area contributed by atoms with E-state index in [9.17, 15) is 0 Å². The third-order valence-electron chi connectivity index (χ3n) is 2.93. The van der Waals surface area contributed by atoms with Gasteiger partial charge in [0.15, 0.2) is 0 Å². The molecule has 0 aromatic carbocycles. The molecular weight excluding hydrogens is 230 g/mol. The van der Waals surface area contributed by atoms with Crippen LogP contribution < -0.4 is 5.32 Å². The summed E-state index contributed by atoms with van der Waals surface area (Å²) in [4.78, 5) is 7.49. The van der Waals surface area contributed by atoms with Crippen molar-refractivity contribution in [2.24, 2.45) is 0 Å². The van der Waals surface area contributed by atoms with E-state index >= 15 is 0 Å². The first-order valence-corrected chi connectivity index (χ1v) is 7.34. The van der Waals surface area contributed by atoms with E-state index in [1.807, 2.05) is 30.2 Å². The number of nitrogens with zero attached hydrogens (tertiary/aromatic N) is 1. The summed E-state index contributed by atoms with van der Waals surface area (Å²) >= 11 is 1.90. The Labute approximate surface area is 106 Å². The van der Waals surface area contributed by atoms with E-state index in [4.69, 9.17) is 0 Å². The summed E-state index contributed by atoms with van der Waals surface area (Å²) < 4.78 is 0. The molecule has 0 bridgehead atoms. The second-order valence-corrected chi connectivity index (χ2v) is 5.26. The summed E-state index contributed by atoms with van der Waals surface area (Å²) in [6, 6.07) is 4.66. The zero-order valence-electron chi connectivity index (χ0n) is 10.4. The fourth-order valence-corrected chi connectivity index (χ4v) is 2.43. The van der Waals surface area contributed by atoms with Crippen molar-refractivity contribution >= 4 is 22.8 Å². The Morgan fingerprint density at radius 3 is 3.24 bits per heavy atom. The van der Waals surface area contributed by atoms with Crippen molar-refractivity contribution in [3.05, 3.63) is 30.1 Å². The maximum atomic E-state index is 4.29. The monoisotopic (exact) mass is 249 g/mol. The number of pyridine rings is 1. The standard InChI is InChI=1S/C13H19N3S/c1-10(5-7-17-2)15-8-11-9-16-13-12(11)4-3-6-14-13/h3-4,6,9-10,15H,5,7-8H2,1-2H3,(H,14,16). The Morgan fingerprint density at radius 2 is 2.41 bits per heavy atom. The maximum Gasteiger partial charge on any atom is 0.137 e. The Hall–Kier alpha value is -1.00. The lowest BCUT2D eigenvalue weighted by Gasteiger charge is -2.12. The molecule has 0 fully saturated rings. The molecule has 0 spiro atoms. The average Bonchev–Trinajstić information content (AvgIpc) is 2.77. The van der Waals surface area contributed by atoms with E-state index in [1.54, 1.807) is 0 Å². The first-order valence-electron chi connectivity index (χ1n) is 5.94. The van der Waals surface area contributed by atoms with Gasteiger partial charge in [0.25, 0.3) is 0 Å². The number of nitrogens with one attached hydrogen (secondary N) is 2. The number of H-pyrrole nitrogens is 1. The minimum atomic E-state index is 0.559. The zero-order chi connectivity index (χ0) is 12.1. The van der Waals surface area contributed by atoms with Gasteiger partial charge in [-0.2, -0.15) is 11.8 Å². The molecule has 0 saturated heterocycles. The molecule has 2 heterocycles. The minimum Gasteiger partial charge on any atom is -0.346 e. The van der Waals surface area contributed by atoms with Crippen LogP contribution in [-0.2, 0) is 6.54 Å². The first kappa shape index (κ1) is 12.5. The van der Waals surface area contributed by atoms with Crippen molar-refractivity contribution in [1.82, 2.24) is 15.3 Å². The predicted octanol–water partition coefficient (Wildman–Crippen LogP) is 2.79. The lowest BCUT2D eigenvalue weighted by atomic mass is 10.2. The molecule has 0 aliphatic rings. The van der Waals surface area contributed by atoms with Gasteiger partial charge in [0.2, 0.25) is 0 Å². The molecule has 2 aromatic rings. The van der Waals surface area contributed by atoms with Gasteiger partial charge in [-0.05, 0) is 43.0 Å². The van der Waals surface area contributed by atoms with Crippen LogP contribution in [0.4, 0.5) is 0 Å². The van der Waals surface area contributed by atoms with Gasteiger partial charge in [-0.3, -0.25) is 0 Å². The molecule has 0 aliphatic carbocycles. The Morgan fingerprint density at radius 1 is 1.53 bits per heavy atom. The minimum absolute atomic E-state index is 0.559. The van der Waals surface area contributed by atoms with Crippen molar-refractivity contribution in [3.8, 4) is 0 Å². The Balaban J connectivity index is 1.95. The molecule has 3 nitrogen and oxygen atoms in total. The summed E-state index contributed by atoms with van der Waals surface area (Å²) in [5, 5.41) is 4.77. The molecule has 4 heteroatoms. The third-order valence-corrected chi connectivity index (χ3v) is 3.58.